The van der Waals surface area contributed by atoms with E-state index in [1.807, 2.05) is 13.2 Å². The summed E-state index contributed by atoms with van der Waals surface area (Å²) in [4.78, 5) is 24.4. The molecule has 0 aromatic heterocycles. The van der Waals surface area contributed by atoms with Crippen molar-refractivity contribution in [2.75, 3.05) is 19.1 Å². The quantitative estimate of drug-likeness (QED) is 0.766. The minimum atomic E-state index is -0.843. The fourth-order valence-electron chi connectivity index (χ4n) is 1.88. The summed E-state index contributed by atoms with van der Waals surface area (Å²) in [6.45, 7) is 2.05. The van der Waals surface area contributed by atoms with E-state index in [4.69, 9.17) is 5.11 Å². The summed E-state index contributed by atoms with van der Waals surface area (Å²) in [5, 5.41) is 8.78. The zero-order valence-electron chi connectivity index (χ0n) is 9.97. The minimum Gasteiger partial charge on any atom is -0.481 e. The van der Waals surface area contributed by atoms with Crippen LogP contribution in [0.3, 0.4) is 0 Å². The number of amides is 1. The average Bonchev–Trinajstić information content (AvgIpc) is 3.03. The van der Waals surface area contributed by atoms with Crippen LogP contribution in [-0.4, -0.2) is 47.0 Å². The lowest BCUT2D eigenvalue weighted by Gasteiger charge is -2.26. The van der Waals surface area contributed by atoms with Crippen molar-refractivity contribution in [1.29, 1.82) is 0 Å². The highest BCUT2D eigenvalue weighted by Crippen LogP contribution is 2.40. The second-order valence-corrected chi connectivity index (χ2v) is 5.16. The van der Waals surface area contributed by atoms with Crippen molar-refractivity contribution in [3.63, 3.8) is 0 Å². The Kier molecular flexibility index (Phi) is 4.65. The second-order valence-electron chi connectivity index (χ2n) is 4.25. The fourth-order valence-corrected chi connectivity index (χ4v) is 2.72. The molecule has 5 heteroatoms. The second kappa shape index (κ2) is 5.57. The fraction of sp³-hybridized carbons (Fsp3) is 0.818. The van der Waals surface area contributed by atoms with Gasteiger partial charge in [-0.1, -0.05) is 6.92 Å². The van der Waals surface area contributed by atoms with Gasteiger partial charge in [0, 0.05) is 18.8 Å². The van der Waals surface area contributed by atoms with Crippen LogP contribution in [0.1, 0.15) is 19.8 Å². The molecule has 0 bridgehead atoms. The van der Waals surface area contributed by atoms with E-state index in [2.05, 4.69) is 0 Å². The van der Waals surface area contributed by atoms with Crippen LogP contribution in [-0.2, 0) is 9.59 Å². The van der Waals surface area contributed by atoms with Gasteiger partial charge in [-0.05, 0) is 19.1 Å². The van der Waals surface area contributed by atoms with E-state index < -0.39 is 11.9 Å². The number of hydrogen-bond donors (Lipinski definition) is 1. The molecule has 0 heterocycles. The zero-order chi connectivity index (χ0) is 12.3. The summed E-state index contributed by atoms with van der Waals surface area (Å²) < 4.78 is 0. The van der Waals surface area contributed by atoms with Gasteiger partial charge in [0.15, 0.2) is 0 Å². The Hall–Kier alpha value is -0.710. The van der Waals surface area contributed by atoms with Crippen LogP contribution in [0.25, 0.3) is 0 Å². The number of thioether (sulfide) groups is 1. The molecule has 1 fully saturated rings. The maximum Gasteiger partial charge on any atom is 0.307 e. The number of carbonyl (C=O) groups is 2. The number of carboxylic acids is 1. The van der Waals surface area contributed by atoms with E-state index in [1.165, 1.54) is 0 Å². The average molecular weight is 245 g/mol. The first-order valence-electron chi connectivity index (χ1n) is 5.51. The molecule has 3 unspecified atom stereocenters. The largest absolute Gasteiger partial charge is 0.481 e. The molecule has 0 aromatic carbocycles. The molecule has 0 aromatic rings. The molecule has 0 spiro atoms. The molecule has 1 N–H and O–H groups in total. The predicted molar refractivity (Wildman–Crippen MR) is 64.5 cm³/mol. The molecule has 1 aliphatic rings. The van der Waals surface area contributed by atoms with Gasteiger partial charge >= 0.3 is 5.97 Å². The van der Waals surface area contributed by atoms with E-state index in [9.17, 15) is 9.59 Å². The first-order valence-corrected chi connectivity index (χ1v) is 6.90. The van der Waals surface area contributed by atoms with Crippen molar-refractivity contribution in [2.24, 2.45) is 11.8 Å². The van der Waals surface area contributed by atoms with Crippen molar-refractivity contribution in [2.45, 2.75) is 25.8 Å². The van der Waals surface area contributed by atoms with Crippen LogP contribution in [0, 0.1) is 11.8 Å². The van der Waals surface area contributed by atoms with E-state index in [-0.39, 0.29) is 17.9 Å². The molecular formula is C11H19NO3S. The van der Waals surface area contributed by atoms with Crippen LogP contribution in [0.2, 0.25) is 0 Å². The summed E-state index contributed by atoms with van der Waals surface area (Å²) in [5.74, 6) is -0.665. The topological polar surface area (TPSA) is 57.6 Å². The summed E-state index contributed by atoms with van der Waals surface area (Å²) in [7, 11) is 1.78. The highest BCUT2D eigenvalue weighted by atomic mass is 32.2. The molecule has 1 amide bonds. The molecule has 16 heavy (non-hydrogen) atoms. The third kappa shape index (κ3) is 2.90. The molecule has 0 radical (unpaired) electrons. The monoisotopic (exact) mass is 245 g/mol. The van der Waals surface area contributed by atoms with E-state index in [0.717, 1.165) is 12.2 Å². The van der Waals surface area contributed by atoms with E-state index >= 15 is 0 Å². The number of carbonyl (C=O) groups excluding carboxylic acids is 1. The van der Waals surface area contributed by atoms with Gasteiger partial charge in [0.2, 0.25) is 5.91 Å². The minimum absolute atomic E-state index is 0.00620. The summed E-state index contributed by atoms with van der Waals surface area (Å²) in [6, 6.07) is 0.220. The smallest absolute Gasteiger partial charge is 0.307 e. The first kappa shape index (κ1) is 13.4. The van der Waals surface area contributed by atoms with E-state index in [0.29, 0.717) is 6.42 Å². The van der Waals surface area contributed by atoms with E-state index in [1.54, 1.807) is 23.7 Å². The number of carboxylic acid groups (broad SMARTS) is 1. The van der Waals surface area contributed by atoms with Crippen LogP contribution < -0.4 is 0 Å². The molecule has 1 rings (SSSR count). The molecular weight excluding hydrogens is 226 g/mol. The SMILES string of the molecule is CCC(CSC)N(C)C(=O)C1CC1C(=O)O. The van der Waals surface area contributed by atoms with Gasteiger partial charge in [-0.15, -0.1) is 0 Å². The maximum absolute atomic E-state index is 11.9. The Morgan fingerprint density at radius 2 is 2.12 bits per heavy atom. The number of rotatable bonds is 6. The Bertz CT molecular complexity index is 282. The lowest BCUT2D eigenvalue weighted by Crippen LogP contribution is -2.39. The van der Waals surface area contributed by atoms with Gasteiger partial charge in [0.05, 0.1) is 11.8 Å². The molecule has 3 atom stereocenters. The Morgan fingerprint density at radius 3 is 2.50 bits per heavy atom. The molecule has 0 aliphatic heterocycles. The maximum atomic E-state index is 11.9. The van der Waals surface area contributed by atoms with Crippen molar-refractivity contribution in [1.82, 2.24) is 4.90 Å². The number of aliphatic carboxylic acids is 1. The number of nitrogens with zero attached hydrogens (tertiary/aromatic N) is 1. The van der Waals surface area contributed by atoms with Crippen LogP contribution in [0.15, 0.2) is 0 Å². The third-order valence-electron chi connectivity index (χ3n) is 3.15. The van der Waals surface area contributed by atoms with Crippen molar-refractivity contribution >= 4 is 23.6 Å². The van der Waals surface area contributed by atoms with Crippen molar-refractivity contribution < 1.29 is 14.7 Å². The van der Waals surface area contributed by atoms with Crippen LogP contribution >= 0.6 is 11.8 Å². The van der Waals surface area contributed by atoms with Gasteiger partial charge in [0.1, 0.15) is 0 Å². The Labute approximate surface area is 100 Å². The highest BCUT2D eigenvalue weighted by Gasteiger charge is 2.49. The summed E-state index contributed by atoms with van der Waals surface area (Å²) in [5.41, 5.74) is 0. The third-order valence-corrected chi connectivity index (χ3v) is 3.87. The Morgan fingerprint density at radius 1 is 1.50 bits per heavy atom. The van der Waals surface area contributed by atoms with Crippen LogP contribution in [0.5, 0.6) is 0 Å². The summed E-state index contributed by atoms with van der Waals surface area (Å²) >= 11 is 1.71. The molecule has 1 saturated carbocycles. The molecule has 4 nitrogen and oxygen atoms in total. The van der Waals surface area contributed by atoms with Crippen molar-refractivity contribution in [3.8, 4) is 0 Å². The normalized spacial score (nSPS) is 24.9. The van der Waals surface area contributed by atoms with Gasteiger partial charge < -0.3 is 10.0 Å². The summed E-state index contributed by atoms with van der Waals surface area (Å²) in [6.07, 6.45) is 3.43. The van der Waals surface area contributed by atoms with Gasteiger partial charge in [-0.3, -0.25) is 9.59 Å². The van der Waals surface area contributed by atoms with Crippen LogP contribution in [0.4, 0.5) is 0 Å². The lowest BCUT2D eigenvalue weighted by molar-refractivity contribution is -0.142. The van der Waals surface area contributed by atoms with Crippen molar-refractivity contribution in [3.05, 3.63) is 0 Å². The standard InChI is InChI=1S/C11H19NO3S/c1-4-7(6-16-3)12(2)10(13)8-5-9(8)11(14)15/h7-9H,4-6H2,1-3H3,(H,14,15). The molecule has 1 aliphatic carbocycles. The molecule has 92 valence electrons. The lowest BCUT2D eigenvalue weighted by atomic mass is 10.2. The van der Waals surface area contributed by atoms with Gasteiger partial charge in [-0.25, -0.2) is 0 Å². The van der Waals surface area contributed by atoms with Gasteiger partial charge in [-0.2, -0.15) is 11.8 Å². The van der Waals surface area contributed by atoms with Gasteiger partial charge in [0.25, 0.3) is 0 Å². The Balaban J connectivity index is 2.51. The predicted octanol–water partition coefficient (Wildman–Crippen LogP) is 1.31. The first-order chi connectivity index (χ1) is 7.52. The number of hydrogen-bond acceptors (Lipinski definition) is 3. The zero-order valence-corrected chi connectivity index (χ0v) is 10.8. The molecule has 0 saturated heterocycles. The highest BCUT2D eigenvalue weighted by molar-refractivity contribution is 7.98.